The van der Waals surface area contributed by atoms with Gasteiger partial charge in [0.15, 0.2) is 0 Å². The van der Waals surface area contributed by atoms with E-state index in [0.717, 1.165) is 0 Å². The predicted octanol–water partition coefficient (Wildman–Crippen LogP) is -2.89. The summed E-state index contributed by atoms with van der Waals surface area (Å²) in [6, 6.07) is -3.42. The number of unbranched alkanes of at least 4 members (excludes halogenated alkanes) is 1. The average molecular weight is 389 g/mol. The maximum atomic E-state index is 12.4. The molecule has 0 aromatic heterocycles. The Hall–Kier alpha value is -2.73. The van der Waals surface area contributed by atoms with Gasteiger partial charge in [-0.1, -0.05) is 0 Å². The molecule has 0 rings (SSSR count). The molecule has 3 unspecified atom stereocenters. The molecule has 0 bridgehead atoms. The van der Waals surface area contributed by atoms with E-state index in [1.54, 1.807) is 0 Å². The molecule has 0 radical (unpaired) electrons. The molecule has 0 aliphatic carbocycles. The number of nitrogens with two attached hydrogens (primary N) is 2. The molecule has 3 amide bonds. The fourth-order valence-electron chi connectivity index (χ4n) is 2.01. The first-order valence-corrected chi connectivity index (χ1v) is 8.36. The summed E-state index contributed by atoms with van der Waals surface area (Å²) in [7, 11) is 0. The lowest BCUT2D eigenvalue weighted by atomic mass is 10.1. The van der Waals surface area contributed by atoms with E-state index in [-0.39, 0.29) is 6.42 Å². The maximum Gasteiger partial charge on any atom is 0.322 e. The summed E-state index contributed by atoms with van der Waals surface area (Å²) in [4.78, 5) is 57.6. The van der Waals surface area contributed by atoms with Gasteiger partial charge in [0.05, 0.1) is 12.5 Å². The van der Waals surface area contributed by atoms with Crippen LogP contribution in [-0.4, -0.2) is 71.1 Å². The number of aliphatic carboxylic acids is 2. The summed E-state index contributed by atoms with van der Waals surface area (Å²) in [5, 5.41) is 24.2. The molecular weight excluding hydrogens is 362 g/mol. The smallest absolute Gasteiger partial charge is 0.322 e. The largest absolute Gasteiger partial charge is 0.481 e. The first-order valence-electron chi connectivity index (χ1n) is 8.36. The molecule has 3 atom stereocenters. The number of carbonyl (C=O) groups is 5. The summed E-state index contributed by atoms with van der Waals surface area (Å²) < 4.78 is 0. The zero-order valence-electron chi connectivity index (χ0n) is 15.1. The molecule has 9 N–H and O–H groups in total. The second kappa shape index (κ2) is 12.6. The van der Waals surface area contributed by atoms with E-state index in [9.17, 15) is 24.0 Å². The van der Waals surface area contributed by atoms with Gasteiger partial charge in [0, 0.05) is 0 Å². The van der Waals surface area contributed by atoms with Crippen molar-refractivity contribution in [2.45, 2.75) is 50.7 Å². The summed E-state index contributed by atoms with van der Waals surface area (Å²) in [5.74, 6) is -5.03. The average Bonchev–Trinajstić information content (AvgIpc) is 2.57. The van der Waals surface area contributed by atoms with Crippen LogP contribution in [0.5, 0.6) is 0 Å². The first kappa shape index (κ1) is 24.3. The molecule has 0 fully saturated rings. The van der Waals surface area contributed by atoms with E-state index in [4.69, 9.17) is 21.7 Å². The van der Waals surface area contributed by atoms with Crippen LogP contribution in [0.4, 0.5) is 0 Å². The van der Waals surface area contributed by atoms with Gasteiger partial charge in [-0.05, 0) is 32.7 Å². The molecule has 0 saturated carbocycles. The van der Waals surface area contributed by atoms with Gasteiger partial charge in [-0.3, -0.25) is 24.0 Å². The molecule has 12 nitrogen and oxygen atoms in total. The first-order chi connectivity index (χ1) is 12.6. The van der Waals surface area contributed by atoms with E-state index in [2.05, 4.69) is 10.6 Å². The molecule has 0 spiro atoms. The highest BCUT2D eigenvalue weighted by Gasteiger charge is 2.28. The predicted molar refractivity (Wildman–Crippen MR) is 93.3 cm³/mol. The number of carboxylic acid groups (broad SMARTS) is 2. The maximum absolute atomic E-state index is 12.4. The number of carbonyl (C=O) groups excluding carboxylic acids is 3. The normalized spacial score (nSPS) is 13.7. The molecule has 154 valence electrons. The van der Waals surface area contributed by atoms with Crippen molar-refractivity contribution in [1.29, 1.82) is 0 Å². The van der Waals surface area contributed by atoms with Gasteiger partial charge in [0.25, 0.3) is 0 Å². The Morgan fingerprint density at radius 3 is 1.96 bits per heavy atom. The lowest BCUT2D eigenvalue weighted by molar-refractivity contribution is -0.141. The summed E-state index contributed by atoms with van der Waals surface area (Å²) in [6.07, 6.45) is 0.546. The van der Waals surface area contributed by atoms with Crippen LogP contribution in [0.25, 0.3) is 0 Å². The second-order valence-corrected chi connectivity index (χ2v) is 5.90. The van der Waals surface area contributed by atoms with Gasteiger partial charge in [-0.15, -0.1) is 0 Å². The van der Waals surface area contributed by atoms with E-state index in [1.807, 2.05) is 5.32 Å². The Morgan fingerprint density at radius 2 is 1.48 bits per heavy atom. The van der Waals surface area contributed by atoms with Crippen LogP contribution in [0.1, 0.15) is 32.6 Å². The number of hydrogen-bond acceptors (Lipinski definition) is 7. The fraction of sp³-hybridized carbons (Fsp3) is 0.667. The molecule has 0 aromatic rings. The molecule has 27 heavy (non-hydrogen) atoms. The monoisotopic (exact) mass is 389 g/mol. The number of nitrogens with one attached hydrogen (secondary N) is 3. The van der Waals surface area contributed by atoms with Crippen LogP contribution in [0.3, 0.4) is 0 Å². The van der Waals surface area contributed by atoms with E-state index in [1.165, 1.54) is 6.92 Å². The third-order valence-corrected chi connectivity index (χ3v) is 3.42. The van der Waals surface area contributed by atoms with Gasteiger partial charge in [-0.2, -0.15) is 0 Å². The number of rotatable bonds is 13. The zero-order valence-corrected chi connectivity index (χ0v) is 15.1. The van der Waals surface area contributed by atoms with Crippen LogP contribution in [0, 0.1) is 0 Å². The van der Waals surface area contributed by atoms with E-state index < -0.39 is 60.8 Å². The van der Waals surface area contributed by atoms with Crippen LogP contribution in [-0.2, 0) is 24.0 Å². The van der Waals surface area contributed by atoms with Crippen molar-refractivity contribution < 1.29 is 34.2 Å². The highest BCUT2D eigenvalue weighted by molar-refractivity contribution is 5.95. The Labute approximate surface area is 156 Å². The highest BCUT2D eigenvalue weighted by Crippen LogP contribution is 2.03. The Balaban J connectivity index is 5.13. The minimum absolute atomic E-state index is 0.206. The topological polar surface area (TPSA) is 214 Å². The van der Waals surface area contributed by atoms with Gasteiger partial charge in [0.1, 0.15) is 18.6 Å². The zero-order chi connectivity index (χ0) is 21.0. The van der Waals surface area contributed by atoms with Crippen LogP contribution in [0.2, 0.25) is 0 Å². The summed E-state index contributed by atoms with van der Waals surface area (Å²) >= 11 is 0. The van der Waals surface area contributed by atoms with E-state index >= 15 is 0 Å². The minimum Gasteiger partial charge on any atom is -0.481 e. The number of amides is 3. The molecule has 0 aliphatic heterocycles. The summed E-state index contributed by atoms with van der Waals surface area (Å²) in [6.45, 7) is 1.08. The van der Waals surface area contributed by atoms with Gasteiger partial charge in [0.2, 0.25) is 17.7 Å². The van der Waals surface area contributed by atoms with Crippen molar-refractivity contribution in [3.63, 3.8) is 0 Å². The Kier molecular flexibility index (Phi) is 11.3. The number of carboxylic acids is 2. The molecule has 12 heteroatoms. The van der Waals surface area contributed by atoms with Crippen LogP contribution < -0.4 is 27.4 Å². The number of hydrogen-bond donors (Lipinski definition) is 7. The third-order valence-electron chi connectivity index (χ3n) is 3.42. The molecular formula is C15H27N5O7. The van der Waals surface area contributed by atoms with Crippen molar-refractivity contribution in [2.24, 2.45) is 11.5 Å². The lowest BCUT2D eigenvalue weighted by Crippen LogP contribution is -2.56. The van der Waals surface area contributed by atoms with Crippen molar-refractivity contribution in [1.82, 2.24) is 16.0 Å². The third kappa shape index (κ3) is 10.8. The van der Waals surface area contributed by atoms with E-state index in [0.29, 0.717) is 19.4 Å². The van der Waals surface area contributed by atoms with Crippen LogP contribution in [0.15, 0.2) is 0 Å². The second-order valence-electron chi connectivity index (χ2n) is 5.90. The minimum atomic E-state index is -1.50. The SMILES string of the molecule is CC(N)C(=O)NC(CCCCN)C(=O)NC(CC(=O)O)C(=O)NCC(=O)O. The highest BCUT2D eigenvalue weighted by atomic mass is 16.4. The van der Waals surface area contributed by atoms with Gasteiger partial charge in [-0.25, -0.2) is 0 Å². The van der Waals surface area contributed by atoms with Crippen molar-refractivity contribution in [3.8, 4) is 0 Å². The molecule has 0 aliphatic rings. The van der Waals surface area contributed by atoms with Crippen LogP contribution >= 0.6 is 0 Å². The molecule has 0 heterocycles. The Bertz CT molecular complexity index is 553. The van der Waals surface area contributed by atoms with Crippen molar-refractivity contribution in [2.75, 3.05) is 13.1 Å². The molecule has 0 aromatic carbocycles. The van der Waals surface area contributed by atoms with Gasteiger partial charge >= 0.3 is 11.9 Å². The quantitative estimate of drug-likeness (QED) is 0.161. The van der Waals surface area contributed by atoms with Crippen molar-refractivity contribution >= 4 is 29.7 Å². The standard InChI is InChI=1S/C15H27N5O7/c1-8(17)13(25)19-9(4-2-3-5-16)15(27)20-10(6-11(21)22)14(26)18-7-12(23)24/h8-10H,2-7,16-17H2,1H3,(H,18,26)(H,19,25)(H,20,27)(H,21,22)(H,23,24). The Morgan fingerprint density at radius 1 is 0.889 bits per heavy atom. The van der Waals surface area contributed by atoms with Crippen molar-refractivity contribution in [3.05, 3.63) is 0 Å². The van der Waals surface area contributed by atoms with Gasteiger partial charge < -0.3 is 37.6 Å². The molecule has 0 saturated heterocycles. The lowest BCUT2D eigenvalue weighted by Gasteiger charge is -2.23. The summed E-state index contributed by atoms with van der Waals surface area (Å²) in [5.41, 5.74) is 10.9. The fourth-order valence-corrected chi connectivity index (χ4v) is 2.01.